The monoisotopic (exact) mass is 169 g/mol. The first-order valence-corrected chi connectivity index (χ1v) is 3.87. The van der Waals surface area contributed by atoms with Crippen LogP contribution in [0.5, 0.6) is 0 Å². The predicted octanol–water partition coefficient (Wildman–Crippen LogP) is 1.39. The van der Waals surface area contributed by atoms with E-state index in [9.17, 15) is 4.79 Å². The van der Waals surface area contributed by atoms with Crippen molar-refractivity contribution in [2.24, 2.45) is 10.8 Å². The molecule has 68 valence electrons. The second kappa shape index (κ2) is 5.35. The van der Waals surface area contributed by atoms with Crippen LogP contribution < -0.4 is 11.2 Å². The van der Waals surface area contributed by atoms with Crippen molar-refractivity contribution in [1.82, 2.24) is 5.43 Å². The van der Waals surface area contributed by atoms with E-state index < -0.39 is 6.03 Å². The molecule has 0 aliphatic carbocycles. The van der Waals surface area contributed by atoms with E-state index in [0.29, 0.717) is 0 Å². The summed E-state index contributed by atoms with van der Waals surface area (Å²) >= 11 is 0. The first-order chi connectivity index (χ1) is 5.61. The molecule has 0 heterocycles. The summed E-state index contributed by atoms with van der Waals surface area (Å²) in [5.74, 6) is 0. The molecule has 0 atom stereocenters. The Balaban J connectivity index is 4.33. The number of urea groups is 1. The first-order valence-electron chi connectivity index (χ1n) is 3.87. The number of allylic oxidation sites excluding steroid dienone is 2. The van der Waals surface area contributed by atoms with Crippen molar-refractivity contribution < 1.29 is 4.79 Å². The number of nitrogens with zero attached hydrogens (tertiary/aromatic N) is 1. The molecule has 0 aromatic carbocycles. The number of rotatable bonds is 3. The molecule has 0 fully saturated rings. The zero-order valence-electron chi connectivity index (χ0n) is 7.72. The molecular weight excluding hydrogens is 154 g/mol. The molecule has 2 amide bonds. The third-order valence-electron chi connectivity index (χ3n) is 1.52. The lowest BCUT2D eigenvalue weighted by Gasteiger charge is -2.02. The molecule has 0 spiro atoms. The van der Waals surface area contributed by atoms with Gasteiger partial charge in [0.1, 0.15) is 0 Å². The van der Waals surface area contributed by atoms with Crippen molar-refractivity contribution in [3.8, 4) is 0 Å². The minimum atomic E-state index is -0.634. The van der Waals surface area contributed by atoms with Crippen molar-refractivity contribution >= 4 is 11.7 Å². The fraction of sp³-hybridized carbons (Fsp3) is 0.500. The molecule has 0 saturated carbocycles. The Kier molecular flexibility index (Phi) is 4.76. The van der Waals surface area contributed by atoms with E-state index in [1.165, 1.54) is 0 Å². The van der Waals surface area contributed by atoms with Crippen molar-refractivity contribution in [2.75, 3.05) is 0 Å². The van der Waals surface area contributed by atoms with E-state index in [0.717, 1.165) is 17.7 Å². The molecule has 0 aromatic heterocycles. The van der Waals surface area contributed by atoms with Crippen LogP contribution in [0.2, 0.25) is 0 Å². The van der Waals surface area contributed by atoms with Gasteiger partial charge in [-0.2, -0.15) is 5.10 Å². The van der Waals surface area contributed by atoms with Crippen LogP contribution in [0.25, 0.3) is 0 Å². The van der Waals surface area contributed by atoms with Crippen LogP contribution in [0.1, 0.15) is 27.2 Å². The lowest BCUT2D eigenvalue weighted by Crippen LogP contribution is -2.25. The summed E-state index contributed by atoms with van der Waals surface area (Å²) < 4.78 is 0. The maximum atomic E-state index is 10.3. The molecule has 12 heavy (non-hydrogen) atoms. The lowest BCUT2D eigenvalue weighted by molar-refractivity contribution is 0.249. The number of hydrogen-bond donors (Lipinski definition) is 2. The normalized spacial score (nSPS) is 12.9. The number of hydrazone groups is 1. The molecule has 3 N–H and O–H groups in total. The van der Waals surface area contributed by atoms with Crippen molar-refractivity contribution in [1.29, 1.82) is 0 Å². The van der Waals surface area contributed by atoms with E-state index in [-0.39, 0.29) is 0 Å². The number of carbonyl (C=O) groups is 1. The molecule has 4 heteroatoms. The molecule has 4 nitrogen and oxygen atoms in total. The van der Waals surface area contributed by atoms with Gasteiger partial charge in [-0.3, -0.25) is 0 Å². The molecule has 0 rings (SSSR count). The average molecular weight is 169 g/mol. The Bertz CT molecular complexity index is 218. The fourth-order valence-electron chi connectivity index (χ4n) is 0.735. The van der Waals surface area contributed by atoms with E-state index in [1.807, 2.05) is 26.8 Å². The zero-order valence-corrected chi connectivity index (χ0v) is 7.72. The number of nitrogens with two attached hydrogens (primary N) is 1. The number of carbonyl (C=O) groups excluding carboxylic acids is 1. The smallest absolute Gasteiger partial charge is 0.332 e. The summed E-state index contributed by atoms with van der Waals surface area (Å²) in [6, 6.07) is -0.634. The highest BCUT2D eigenvalue weighted by atomic mass is 16.2. The SMILES string of the molecule is C/C=C(C)/C(CC)=N/NC(N)=O. The highest BCUT2D eigenvalue weighted by Crippen LogP contribution is 1.99. The molecule has 0 aliphatic heterocycles. The van der Waals surface area contributed by atoms with Gasteiger partial charge in [-0.05, 0) is 25.8 Å². The third kappa shape index (κ3) is 3.75. The van der Waals surface area contributed by atoms with Gasteiger partial charge >= 0.3 is 6.03 Å². The molecule has 0 radical (unpaired) electrons. The summed E-state index contributed by atoms with van der Waals surface area (Å²) in [7, 11) is 0. The number of hydrogen-bond acceptors (Lipinski definition) is 2. The van der Waals surface area contributed by atoms with E-state index in [4.69, 9.17) is 5.73 Å². The first kappa shape index (κ1) is 10.7. The van der Waals surface area contributed by atoms with Crippen molar-refractivity contribution in [3.05, 3.63) is 11.6 Å². The molecule has 0 aromatic rings. The molecular formula is C8H15N3O. The number of primary amides is 1. The van der Waals surface area contributed by atoms with Crippen LogP contribution in [0, 0.1) is 0 Å². The maximum absolute atomic E-state index is 10.3. The van der Waals surface area contributed by atoms with Gasteiger partial charge in [0.25, 0.3) is 0 Å². The minimum absolute atomic E-state index is 0.634. The topological polar surface area (TPSA) is 67.5 Å². The second-order valence-corrected chi connectivity index (χ2v) is 2.36. The lowest BCUT2D eigenvalue weighted by atomic mass is 10.1. The predicted molar refractivity (Wildman–Crippen MR) is 49.9 cm³/mol. The highest BCUT2D eigenvalue weighted by Gasteiger charge is 1.97. The quantitative estimate of drug-likeness (QED) is 0.486. The Hall–Kier alpha value is -1.32. The Morgan fingerprint density at radius 3 is 2.58 bits per heavy atom. The third-order valence-corrected chi connectivity index (χ3v) is 1.52. The van der Waals surface area contributed by atoms with Gasteiger partial charge in [0.05, 0.1) is 5.71 Å². The number of nitrogens with one attached hydrogen (secondary N) is 1. The fourth-order valence-corrected chi connectivity index (χ4v) is 0.735. The molecule has 0 bridgehead atoms. The van der Waals surface area contributed by atoms with Crippen LogP contribution in [0.15, 0.2) is 16.8 Å². The maximum Gasteiger partial charge on any atom is 0.332 e. The van der Waals surface area contributed by atoms with Gasteiger partial charge in [0.2, 0.25) is 0 Å². The van der Waals surface area contributed by atoms with Crippen molar-refractivity contribution in [3.63, 3.8) is 0 Å². The minimum Gasteiger partial charge on any atom is -0.350 e. The summed E-state index contributed by atoms with van der Waals surface area (Å²) in [5, 5.41) is 3.84. The van der Waals surface area contributed by atoms with Gasteiger partial charge in [-0.15, -0.1) is 0 Å². The van der Waals surface area contributed by atoms with Crippen LogP contribution in [0.3, 0.4) is 0 Å². The molecule has 0 aliphatic rings. The van der Waals surface area contributed by atoms with E-state index in [2.05, 4.69) is 10.5 Å². The summed E-state index contributed by atoms with van der Waals surface area (Å²) in [4.78, 5) is 10.3. The Morgan fingerprint density at radius 1 is 1.67 bits per heavy atom. The van der Waals surface area contributed by atoms with E-state index in [1.54, 1.807) is 0 Å². The summed E-state index contributed by atoms with van der Waals surface area (Å²) in [5.41, 5.74) is 8.95. The standard InChI is InChI=1S/C8H15N3O/c1-4-6(3)7(5-2)10-11-8(9)12/h4H,5H2,1-3H3,(H3,9,11,12)/b6-4+,10-7+. The van der Waals surface area contributed by atoms with Gasteiger partial charge < -0.3 is 5.73 Å². The van der Waals surface area contributed by atoms with E-state index >= 15 is 0 Å². The second-order valence-electron chi connectivity index (χ2n) is 2.36. The molecule has 0 saturated heterocycles. The van der Waals surface area contributed by atoms with Gasteiger partial charge in [-0.25, -0.2) is 10.2 Å². The van der Waals surface area contributed by atoms with Crippen LogP contribution in [0.4, 0.5) is 4.79 Å². The van der Waals surface area contributed by atoms with Crippen molar-refractivity contribution in [2.45, 2.75) is 27.2 Å². The largest absolute Gasteiger partial charge is 0.350 e. The zero-order chi connectivity index (χ0) is 9.56. The van der Waals surface area contributed by atoms with Gasteiger partial charge in [-0.1, -0.05) is 13.0 Å². The van der Waals surface area contributed by atoms with Crippen LogP contribution >= 0.6 is 0 Å². The Labute approximate surface area is 72.5 Å². The van der Waals surface area contributed by atoms with Crippen LogP contribution in [-0.4, -0.2) is 11.7 Å². The Morgan fingerprint density at radius 2 is 2.25 bits per heavy atom. The van der Waals surface area contributed by atoms with Gasteiger partial charge in [0, 0.05) is 0 Å². The highest BCUT2D eigenvalue weighted by molar-refractivity contribution is 5.99. The van der Waals surface area contributed by atoms with Crippen LogP contribution in [-0.2, 0) is 0 Å². The average Bonchev–Trinajstić information content (AvgIpc) is 2.04. The molecule has 0 unspecified atom stereocenters. The summed E-state index contributed by atoms with van der Waals surface area (Å²) in [6.45, 7) is 5.82. The van der Waals surface area contributed by atoms with Gasteiger partial charge in [0.15, 0.2) is 0 Å². The summed E-state index contributed by atoms with van der Waals surface area (Å²) in [6.07, 6.45) is 2.71. The number of amides is 2.